The van der Waals surface area contributed by atoms with Crippen LogP contribution in [-0.2, 0) is 23.2 Å². The minimum Gasteiger partial charge on any atom is -0.390 e. The highest BCUT2D eigenvalue weighted by molar-refractivity contribution is 7.89. The second-order valence-electron chi connectivity index (χ2n) is 3.60. The molecule has 0 aromatic carbocycles. The van der Waals surface area contributed by atoms with Crippen LogP contribution < -0.4 is 4.72 Å². The number of aryl methyl sites for hydroxylation is 1. The Hall–Kier alpha value is -1.71. The number of rotatable bonds is 5. The maximum absolute atomic E-state index is 12.0. The Balaban J connectivity index is 2.22. The lowest BCUT2D eigenvalue weighted by molar-refractivity contribution is 0.273. The highest BCUT2D eigenvalue weighted by atomic mass is 32.2. The van der Waals surface area contributed by atoms with E-state index in [-0.39, 0.29) is 17.1 Å². The largest absolute Gasteiger partial charge is 0.390 e. The molecule has 0 bridgehead atoms. The van der Waals surface area contributed by atoms with Crippen LogP contribution in [-0.4, -0.2) is 28.9 Å². The van der Waals surface area contributed by atoms with E-state index in [1.807, 2.05) is 0 Å². The first-order chi connectivity index (χ1) is 8.54. The van der Waals surface area contributed by atoms with Crippen molar-refractivity contribution in [2.24, 2.45) is 0 Å². The van der Waals surface area contributed by atoms with Crippen molar-refractivity contribution in [2.45, 2.75) is 25.0 Å². The van der Waals surface area contributed by atoms with Gasteiger partial charge < -0.3 is 9.63 Å². The average Bonchev–Trinajstić information content (AvgIpc) is 2.95. The molecule has 0 aliphatic carbocycles. The van der Waals surface area contributed by atoms with Gasteiger partial charge in [-0.2, -0.15) is 5.10 Å². The Morgan fingerprint density at radius 1 is 1.56 bits per heavy atom. The summed E-state index contributed by atoms with van der Waals surface area (Å²) in [5, 5.41) is 18.9. The molecule has 9 heteroatoms. The molecule has 98 valence electrons. The van der Waals surface area contributed by atoms with Crippen LogP contribution in [0.4, 0.5) is 0 Å². The number of H-pyrrole nitrogens is 1. The molecule has 0 atom stereocenters. The highest BCUT2D eigenvalue weighted by Gasteiger charge is 2.23. The van der Waals surface area contributed by atoms with Crippen LogP contribution in [0.25, 0.3) is 0 Å². The van der Waals surface area contributed by atoms with E-state index in [0.29, 0.717) is 11.4 Å². The Kier molecular flexibility index (Phi) is 3.45. The number of hydrogen-bond donors (Lipinski definition) is 3. The topological polar surface area (TPSA) is 121 Å². The lowest BCUT2D eigenvalue weighted by Gasteiger charge is -2.05. The molecule has 2 heterocycles. The van der Waals surface area contributed by atoms with Crippen molar-refractivity contribution < 1.29 is 18.0 Å². The molecule has 0 aliphatic heterocycles. The summed E-state index contributed by atoms with van der Waals surface area (Å²) in [6.45, 7) is 1.12. The van der Waals surface area contributed by atoms with Gasteiger partial charge in [0.25, 0.3) is 0 Å². The highest BCUT2D eigenvalue weighted by Crippen LogP contribution is 2.17. The number of aromatic nitrogens is 3. The zero-order valence-corrected chi connectivity index (χ0v) is 10.4. The molecule has 0 radical (unpaired) electrons. The monoisotopic (exact) mass is 272 g/mol. The van der Waals surface area contributed by atoms with Crippen LogP contribution in [0.5, 0.6) is 0 Å². The molecule has 8 nitrogen and oxygen atoms in total. The summed E-state index contributed by atoms with van der Waals surface area (Å²) >= 11 is 0. The molecule has 0 amide bonds. The van der Waals surface area contributed by atoms with Crippen molar-refractivity contribution in [3.63, 3.8) is 0 Å². The Bertz CT molecular complexity index is 617. The van der Waals surface area contributed by atoms with Gasteiger partial charge in [0.15, 0.2) is 0 Å². The van der Waals surface area contributed by atoms with Crippen LogP contribution >= 0.6 is 0 Å². The maximum atomic E-state index is 12.0. The fraction of sp³-hybridized carbons (Fsp3) is 0.333. The molecule has 0 aliphatic rings. The summed E-state index contributed by atoms with van der Waals surface area (Å²) in [6.07, 6.45) is 1.35. The molecule has 0 fully saturated rings. The lowest BCUT2D eigenvalue weighted by atomic mass is 10.4. The van der Waals surface area contributed by atoms with E-state index in [9.17, 15) is 8.42 Å². The zero-order valence-electron chi connectivity index (χ0n) is 9.54. The van der Waals surface area contributed by atoms with E-state index in [1.54, 1.807) is 13.0 Å². The van der Waals surface area contributed by atoms with E-state index >= 15 is 0 Å². The van der Waals surface area contributed by atoms with E-state index in [4.69, 9.17) is 5.11 Å². The van der Waals surface area contributed by atoms with Crippen LogP contribution in [0.2, 0.25) is 0 Å². The van der Waals surface area contributed by atoms with Gasteiger partial charge in [0.2, 0.25) is 10.0 Å². The first-order valence-corrected chi connectivity index (χ1v) is 6.56. The third kappa shape index (κ3) is 2.42. The van der Waals surface area contributed by atoms with Crippen molar-refractivity contribution in [3.8, 4) is 0 Å². The Morgan fingerprint density at radius 2 is 2.33 bits per heavy atom. The van der Waals surface area contributed by atoms with E-state index in [2.05, 4.69) is 24.6 Å². The van der Waals surface area contributed by atoms with Crippen molar-refractivity contribution in [1.29, 1.82) is 0 Å². The van der Waals surface area contributed by atoms with Gasteiger partial charge in [0, 0.05) is 6.07 Å². The van der Waals surface area contributed by atoms with Crippen molar-refractivity contribution in [1.82, 2.24) is 20.1 Å². The number of aliphatic hydroxyl groups excluding tert-OH is 1. The van der Waals surface area contributed by atoms with E-state index in [1.165, 1.54) is 6.26 Å². The van der Waals surface area contributed by atoms with Crippen molar-refractivity contribution >= 4 is 10.0 Å². The Morgan fingerprint density at radius 3 is 2.94 bits per heavy atom. The molecule has 0 saturated carbocycles. The molecule has 0 spiro atoms. The fourth-order valence-corrected chi connectivity index (χ4v) is 2.85. The summed E-state index contributed by atoms with van der Waals surface area (Å²) < 4.78 is 31.1. The number of nitrogens with zero attached hydrogens (tertiary/aromatic N) is 2. The fourth-order valence-electron chi connectivity index (χ4n) is 1.50. The standard InChI is InChI=1S/C9H12N4O4S/c1-6-9(8(5-14)12-11-6)18(15,16)10-4-7-2-3-17-13-7/h2-3,10,14H,4-5H2,1H3,(H,11,12). The lowest BCUT2D eigenvalue weighted by Crippen LogP contribution is -2.24. The normalized spacial score (nSPS) is 11.9. The summed E-state index contributed by atoms with van der Waals surface area (Å²) in [5.74, 6) is 0. The van der Waals surface area contributed by atoms with Gasteiger partial charge in [-0.15, -0.1) is 0 Å². The first-order valence-electron chi connectivity index (χ1n) is 5.08. The summed E-state index contributed by atoms with van der Waals surface area (Å²) in [4.78, 5) is -0.0338. The van der Waals surface area contributed by atoms with Gasteiger partial charge in [0.05, 0.1) is 24.5 Å². The predicted molar refractivity (Wildman–Crippen MR) is 59.8 cm³/mol. The number of sulfonamides is 1. The first kappa shape index (κ1) is 12.7. The molecule has 2 aromatic rings. The molecular weight excluding hydrogens is 260 g/mol. The molecule has 3 N–H and O–H groups in total. The second kappa shape index (κ2) is 4.88. The van der Waals surface area contributed by atoms with Gasteiger partial charge in [-0.05, 0) is 6.92 Å². The third-order valence-corrected chi connectivity index (χ3v) is 3.92. The average molecular weight is 272 g/mol. The maximum Gasteiger partial charge on any atom is 0.244 e. The van der Waals surface area contributed by atoms with Gasteiger partial charge in [0.1, 0.15) is 16.9 Å². The van der Waals surface area contributed by atoms with Crippen LogP contribution in [0.15, 0.2) is 21.7 Å². The van der Waals surface area contributed by atoms with Gasteiger partial charge in [-0.25, -0.2) is 13.1 Å². The van der Waals surface area contributed by atoms with Gasteiger partial charge in [-0.1, -0.05) is 5.16 Å². The second-order valence-corrected chi connectivity index (χ2v) is 5.30. The summed E-state index contributed by atoms with van der Waals surface area (Å²) in [6, 6.07) is 1.55. The summed E-state index contributed by atoms with van der Waals surface area (Å²) in [7, 11) is -3.75. The molecule has 0 saturated heterocycles. The number of aliphatic hydroxyl groups is 1. The minimum atomic E-state index is -3.75. The van der Waals surface area contributed by atoms with E-state index < -0.39 is 16.6 Å². The number of nitrogens with one attached hydrogen (secondary N) is 2. The number of hydrogen-bond acceptors (Lipinski definition) is 6. The smallest absolute Gasteiger partial charge is 0.244 e. The molecule has 18 heavy (non-hydrogen) atoms. The van der Waals surface area contributed by atoms with Crippen molar-refractivity contribution in [2.75, 3.05) is 0 Å². The van der Waals surface area contributed by atoms with Crippen LogP contribution in [0.1, 0.15) is 17.1 Å². The third-order valence-electron chi connectivity index (χ3n) is 2.31. The summed E-state index contributed by atoms with van der Waals surface area (Å²) in [5.41, 5.74) is 0.914. The quantitative estimate of drug-likeness (QED) is 0.685. The number of aromatic amines is 1. The van der Waals surface area contributed by atoms with E-state index in [0.717, 1.165) is 0 Å². The minimum absolute atomic E-state index is 0.00826. The van der Waals surface area contributed by atoms with Crippen LogP contribution in [0.3, 0.4) is 0 Å². The van der Waals surface area contributed by atoms with Gasteiger partial charge >= 0.3 is 0 Å². The predicted octanol–water partition coefficient (Wildman–Crippen LogP) is -0.323. The van der Waals surface area contributed by atoms with Crippen molar-refractivity contribution in [3.05, 3.63) is 29.4 Å². The molecule has 2 aromatic heterocycles. The molecule has 0 unspecified atom stereocenters. The molecule has 2 rings (SSSR count). The van der Waals surface area contributed by atoms with Gasteiger partial charge in [-0.3, -0.25) is 5.10 Å². The zero-order chi connectivity index (χ0) is 13.2. The SMILES string of the molecule is Cc1[nH]nc(CO)c1S(=O)(=O)NCc1ccon1. The Labute approximate surface area is 103 Å². The van der Waals surface area contributed by atoms with Crippen LogP contribution in [0, 0.1) is 6.92 Å². The molecular formula is C9H12N4O4S.